The molecule has 1 aliphatic rings. The number of guanidine groups is 1. The minimum absolute atomic E-state index is 0. The van der Waals surface area contributed by atoms with Crippen molar-refractivity contribution in [3.63, 3.8) is 0 Å². The minimum Gasteiger partial charge on any atom is -0.356 e. The van der Waals surface area contributed by atoms with E-state index in [-0.39, 0.29) is 29.9 Å². The smallest absolute Gasteiger partial charge is 0.226 e. The van der Waals surface area contributed by atoms with Gasteiger partial charge < -0.3 is 16.0 Å². The highest BCUT2D eigenvalue weighted by atomic mass is 127. The van der Waals surface area contributed by atoms with E-state index in [0.29, 0.717) is 29.7 Å². The molecule has 1 saturated carbocycles. The van der Waals surface area contributed by atoms with Crippen LogP contribution in [0.5, 0.6) is 0 Å². The number of nitrogens with one attached hydrogen (secondary N) is 3. The molecule has 0 saturated heterocycles. The number of carbonyl (C=O) groups is 1. The van der Waals surface area contributed by atoms with Gasteiger partial charge in [0.2, 0.25) is 5.91 Å². The molecule has 146 valence electrons. The summed E-state index contributed by atoms with van der Waals surface area (Å²) in [7, 11) is 1.75. The van der Waals surface area contributed by atoms with E-state index in [1.165, 1.54) is 12.8 Å². The first kappa shape index (κ1) is 23.4. The van der Waals surface area contributed by atoms with Crippen LogP contribution >= 0.6 is 47.3 Å². The molecule has 0 heterocycles. The maximum atomic E-state index is 12.1. The number of halogens is 2. The second-order valence-electron chi connectivity index (χ2n) is 6.29. The van der Waals surface area contributed by atoms with Crippen molar-refractivity contribution in [2.24, 2.45) is 4.99 Å². The highest BCUT2D eigenvalue weighted by molar-refractivity contribution is 14.0. The van der Waals surface area contributed by atoms with E-state index in [1.54, 1.807) is 7.05 Å². The number of anilines is 1. The van der Waals surface area contributed by atoms with Crippen LogP contribution in [0.4, 0.5) is 5.69 Å². The number of hydrogen-bond acceptors (Lipinski definition) is 3. The van der Waals surface area contributed by atoms with Crippen LogP contribution in [-0.4, -0.2) is 43.0 Å². The summed E-state index contributed by atoms with van der Waals surface area (Å²) in [6, 6.07) is 6.05. The number of carbonyl (C=O) groups excluding carboxylic acids is 1. The first-order valence-corrected chi connectivity index (χ1v) is 10.2. The summed E-state index contributed by atoms with van der Waals surface area (Å²) in [5, 5.41) is 10.8. The molecule has 0 aliphatic heterocycles. The summed E-state index contributed by atoms with van der Waals surface area (Å²) < 4.78 is 0. The number of aliphatic imine (C=N–C) groups is 1. The molecule has 26 heavy (non-hydrogen) atoms. The maximum Gasteiger partial charge on any atom is 0.226 e. The van der Waals surface area contributed by atoms with Gasteiger partial charge in [-0.05, 0) is 50.1 Å². The highest BCUT2D eigenvalue weighted by Gasteiger charge is 2.24. The van der Waals surface area contributed by atoms with Crippen LogP contribution in [0, 0.1) is 6.92 Å². The van der Waals surface area contributed by atoms with Crippen LogP contribution in [0.15, 0.2) is 23.2 Å². The monoisotopic (exact) mass is 510 g/mol. The molecular weight excluding hydrogens is 483 g/mol. The molecule has 0 radical (unpaired) electrons. The molecule has 2 rings (SSSR count). The molecular formula is C18H28ClIN4OS. The van der Waals surface area contributed by atoms with E-state index in [4.69, 9.17) is 11.6 Å². The number of nitrogens with zero attached hydrogens (tertiary/aromatic N) is 1. The number of thioether (sulfide) groups is 1. The lowest BCUT2D eigenvalue weighted by Crippen LogP contribution is -2.43. The van der Waals surface area contributed by atoms with Crippen molar-refractivity contribution < 1.29 is 4.79 Å². The first-order valence-electron chi connectivity index (χ1n) is 8.57. The molecule has 0 spiro atoms. The molecule has 0 aromatic heterocycles. The molecule has 3 N–H and O–H groups in total. The van der Waals surface area contributed by atoms with Crippen molar-refractivity contribution in [2.45, 2.75) is 43.9 Å². The Labute approximate surface area is 182 Å². The summed E-state index contributed by atoms with van der Waals surface area (Å²) in [6.07, 6.45) is 6.09. The van der Waals surface area contributed by atoms with Gasteiger partial charge >= 0.3 is 0 Å². The van der Waals surface area contributed by atoms with Gasteiger partial charge in [-0.2, -0.15) is 11.8 Å². The Balaban J connectivity index is 0.00000338. The third-order valence-corrected chi connectivity index (χ3v) is 5.73. The first-order chi connectivity index (χ1) is 12.0. The van der Waals surface area contributed by atoms with E-state index in [9.17, 15) is 4.79 Å². The Kier molecular flexibility index (Phi) is 10.7. The quantitative estimate of drug-likeness (QED) is 0.307. The lowest BCUT2D eigenvalue weighted by molar-refractivity contribution is -0.116. The van der Waals surface area contributed by atoms with Gasteiger partial charge in [0, 0.05) is 31.3 Å². The molecule has 1 amide bonds. The van der Waals surface area contributed by atoms with Crippen molar-refractivity contribution in [3.05, 3.63) is 28.8 Å². The van der Waals surface area contributed by atoms with Crippen molar-refractivity contribution >= 4 is 64.9 Å². The average molecular weight is 511 g/mol. The molecule has 1 aromatic carbocycles. The third-order valence-electron chi connectivity index (χ3n) is 4.33. The molecule has 1 fully saturated rings. The van der Waals surface area contributed by atoms with E-state index >= 15 is 0 Å². The molecule has 8 heteroatoms. The predicted octanol–water partition coefficient (Wildman–Crippen LogP) is 4.04. The second kappa shape index (κ2) is 11.9. The number of hydrogen-bond donors (Lipinski definition) is 3. The van der Waals surface area contributed by atoms with Gasteiger partial charge in [-0.3, -0.25) is 9.79 Å². The van der Waals surface area contributed by atoms with Gasteiger partial charge in [-0.15, -0.1) is 24.0 Å². The molecule has 1 aliphatic carbocycles. The van der Waals surface area contributed by atoms with E-state index in [2.05, 4.69) is 27.2 Å². The van der Waals surface area contributed by atoms with Gasteiger partial charge in [0.1, 0.15) is 0 Å². The van der Waals surface area contributed by atoms with Crippen molar-refractivity contribution in [3.8, 4) is 0 Å². The lowest BCUT2D eigenvalue weighted by Gasteiger charge is -2.17. The number of aryl methyl sites for hydroxylation is 1. The van der Waals surface area contributed by atoms with E-state index in [1.807, 2.05) is 36.9 Å². The van der Waals surface area contributed by atoms with E-state index in [0.717, 1.165) is 23.2 Å². The van der Waals surface area contributed by atoms with Crippen molar-refractivity contribution in [2.75, 3.05) is 25.2 Å². The lowest BCUT2D eigenvalue weighted by atomic mass is 10.2. The fraction of sp³-hybridized carbons (Fsp3) is 0.556. The summed E-state index contributed by atoms with van der Waals surface area (Å²) >= 11 is 8.07. The Morgan fingerprint density at radius 3 is 2.77 bits per heavy atom. The van der Waals surface area contributed by atoms with Gasteiger partial charge in [0.05, 0.1) is 10.7 Å². The Morgan fingerprint density at radius 2 is 2.15 bits per heavy atom. The Morgan fingerprint density at radius 1 is 1.38 bits per heavy atom. The summed E-state index contributed by atoms with van der Waals surface area (Å²) in [5.74, 6) is 0.685. The zero-order valence-electron chi connectivity index (χ0n) is 15.5. The zero-order chi connectivity index (χ0) is 18.2. The highest BCUT2D eigenvalue weighted by Crippen LogP contribution is 2.28. The summed E-state index contributed by atoms with van der Waals surface area (Å²) in [4.78, 5) is 16.3. The number of rotatable bonds is 6. The topological polar surface area (TPSA) is 65.5 Å². The molecule has 5 nitrogen and oxygen atoms in total. The summed E-state index contributed by atoms with van der Waals surface area (Å²) in [6.45, 7) is 2.49. The van der Waals surface area contributed by atoms with Crippen LogP contribution in [0.25, 0.3) is 0 Å². The Hall–Kier alpha value is -0.670. The Bertz CT molecular complexity index is 629. The SMILES string of the molecule is CN=C(NCCC(=O)Nc1ccc(C)cc1Cl)NC1CCC(SC)C1.I. The van der Waals surface area contributed by atoms with Crippen LogP contribution in [0.1, 0.15) is 31.2 Å². The predicted molar refractivity (Wildman–Crippen MR) is 124 cm³/mol. The fourth-order valence-corrected chi connectivity index (χ4v) is 3.98. The molecule has 1 aromatic rings. The van der Waals surface area contributed by atoms with Crippen LogP contribution in [-0.2, 0) is 4.79 Å². The number of amides is 1. The standard InChI is InChI=1S/C18H27ClN4OS.HI/c1-12-4-7-16(15(19)10-12)23-17(24)8-9-21-18(20-2)22-13-5-6-14(11-13)25-3;/h4,7,10,13-14H,5-6,8-9,11H2,1-3H3,(H,23,24)(H2,20,21,22);1H. The molecule has 2 unspecified atom stereocenters. The van der Waals surface area contributed by atoms with Crippen molar-refractivity contribution in [1.29, 1.82) is 0 Å². The largest absolute Gasteiger partial charge is 0.356 e. The number of benzene rings is 1. The third kappa shape index (κ3) is 7.52. The van der Waals surface area contributed by atoms with Gasteiger partial charge in [0.25, 0.3) is 0 Å². The van der Waals surface area contributed by atoms with E-state index < -0.39 is 0 Å². The second-order valence-corrected chi connectivity index (χ2v) is 7.84. The molecule has 2 atom stereocenters. The summed E-state index contributed by atoms with van der Waals surface area (Å²) in [5.41, 5.74) is 1.71. The van der Waals surface area contributed by atoms with Gasteiger partial charge in [-0.1, -0.05) is 17.7 Å². The van der Waals surface area contributed by atoms with Crippen molar-refractivity contribution in [1.82, 2.24) is 10.6 Å². The van der Waals surface area contributed by atoms with Gasteiger partial charge in [0.15, 0.2) is 5.96 Å². The van der Waals surface area contributed by atoms with Gasteiger partial charge in [-0.25, -0.2) is 0 Å². The fourth-order valence-electron chi connectivity index (χ4n) is 2.90. The van der Waals surface area contributed by atoms with Crippen LogP contribution < -0.4 is 16.0 Å². The normalized spacial score (nSPS) is 19.6. The maximum absolute atomic E-state index is 12.1. The minimum atomic E-state index is -0.0722. The van der Waals surface area contributed by atoms with Crippen LogP contribution in [0.2, 0.25) is 5.02 Å². The van der Waals surface area contributed by atoms with Crippen LogP contribution in [0.3, 0.4) is 0 Å². The zero-order valence-corrected chi connectivity index (χ0v) is 19.4. The molecule has 0 bridgehead atoms. The average Bonchev–Trinajstić information content (AvgIpc) is 3.04.